The van der Waals surface area contributed by atoms with Crippen molar-refractivity contribution >= 4 is 40.8 Å². The molecule has 1 aromatic rings. The van der Waals surface area contributed by atoms with Crippen LogP contribution in [-0.2, 0) is 31.6 Å². The van der Waals surface area contributed by atoms with Crippen molar-refractivity contribution in [3.8, 4) is 0 Å². The molecular weight excluding hydrogens is 674 g/mol. The van der Waals surface area contributed by atoms with Crippen LogP contribution in [0, 0.1) is 5.82 Å². The number of anilines is 1. The van der Waals surface area contributed by atoms with Gasteiger partial charge in [0.1, 0.15) is 11.7 Å². The molecule has 45 heavy (non-hydrogen) atoms. The summed E-state index contributed by atoms with van der Waals surface area (Å²) in [6.45, 7) is 1.58. The first-order valence-corrected chi connectivity index (χ1v) is 21.4. The van der Waals surface area contributed by atoms with Gasteiger partial charge in [-0.1, -0.05) is 103 Å². The second-order valence-corrected chi connectivity index (χ2v) is 17.4. The Bertz CT molecular complexity index is 1230. The normalized spacial score (nSPS) is 20.9. The van der Waals surface area contributed by atoms with Gasteiger partial charge in [0.25, 0.3) is 0 Å². The Morgan fingerprint density at radius 2 is 1.42 bits per heavy atom. The monoisotopic (exact) mass is 723 g/mol. The van der Waals surface area contributed by atoms with Gasteiger partial charge in [0, 0.05) is 5.75 Å². The van der Waals surface area contributed by atoms with E-state index >= 15 is 0 Å². The molecule has 262 valence electrons. The molecule has 0 amide bonds. The SMILES string of the molecule is CCCCCCCCCCCCCCCCCCP(=O)(O)OP(=O)(O)OP(=O)(O)OC[C@@H]1O[C@H](n2cc(F)c(N)nc2=O)CS1. The number of phosphoric ester groups is 1. The van der Waals surface area contributed by atoms with Gasteiger partial charge in [-0.3, -0.25) is 13.7 Å². The van der Waals surface area contributed by atoms with Crippen LogP contribution in [0.15, 0.2) is 11.0 Å². The number of phosphoric acid groups is 2. The van der Waals surface area contributed by atoms with E-state index in [0.717, 1.165) is 48.2 Å². The number of aromatic nitrogens is 2. The highest BCUT2D eigenvalue weighted by atomic mass is 32.2. The van der Waals surface area contributed by atoms with Crippen molar-refractivity contribution in [2.75, 3.05) is 24.3 Å². The molecule has 19 heteroatoms. The van der Waals surface area contributed by atoms with Crippen molar-refractivity contribution < 1.29 is 50.6 Å². The fourth-order valence-electron chi connectivity index (χ4n) is 4.73. The van der Waals surface area contributed by atoms with Crippen molar-refractivity contribution in [3.05, 3.63) is 22.5 Å². The molecular formula is C26H49FN3O11P3S. The van der Waals surface area contributed by atoms with Gasteiger partial charge < -0.3 is 25.2 Å². The Labute approximate surface area is 268 Å². The molecule has 14 nitrogen and oxygen atoms in total. The van der Waals surface area contributed by atoms with Gasteiger partial charge in [0.2, 0.25) is 0 Å². The van der Waals surface area contributed by atoms with Crippen LogP contribution >= 0.6 is 35.0 Å². The molecule has 5 atom stereocenters. The highest BCUT2D eigenvalue weighted by Gasteiger charge is 2.41. The summed E-state index contributed by atoms with van der Waals surface area (Å²) in [6, 6.07) is 0. The van der Waals surface area contributed by atoms with Crippen LogP contribution in [0.4, 0.5) is 10.2 Å². The lowest BCUT2D eigenvalue weighted by Crippen LogP contribution is -2.30. The predicted molar refractivity (Wildman–Crippen MR) is 171 cm³/mol. The zero-order valence-electron chi connectivity index (χ0n) is 25.9. The number of ether oxygens (including phenoxy) is 1. The number of unbranched alkanes of at least 4 members (excludes halogenated alkanes) is 15. The molecule has 0 spiro atoms. The lowest BCUT2D eigenvalue weighted by molar-refractivity contribution is -0.00689. The molecule has 0 radical (unpaired) electrons. The molecule has 0 aromatic carbocycles. The maximum absolute atomic E-state index is 13.7. The van der Waals surface area contributed by atoms with E-state index in [2.05, 4.69) is 25.1 Å². The number of hydrogen-bond donors (Lipinski definition) is 4. The third-order valence-electron chi connectivity index (χ3n) is 7.08. The summed E-state index contributed by atoms with van der Waals surface area (Å²) < 4.78 is 69.9. The van der Waals surface area contributed by atoms with Crippen LogP contribution in [0.3, 0.4) is 0 Å². The average molecular weight is 724 g/mol. The largest absolute Gasteiger partial charge is 0.488 e. The quantitative estimate of drug-likeness (QED) is 0.0579. The minimum Gasteiger partial charge on any atom is -0.381 e. The number of rotatable bonds is 25. The number of halogens is 1. The van der Waals surface area contributed by atoms with Gasteiger partial charge >= 0.3 is 28.9 Å². The van der Waals surface area contributed by atoms with Crippen LogP contribution in [-0.4, -0.2) is 48.2 Å². The standard InChI is InChI=1S/C26H49FN3O11P3S/c1-2-3-4-5-6-7-8-9-10-11-12-13-14-15-16-17-18-42(32,33)40-44(36,37)41-43(34,35)38-20-24-39-23(21-45-24)30-19-22(27)25(28)29-26(30)31/h19,23-24H,2-18,20-21H2,1H3,(H,32,33)(H,34,35)(H,36,37)(H2,28,29,31)/t23-,24+/m0/s1. The highest BCUT2D eigenvalue weighted by molar-refractivity contribution is 8.00. The van der Waals surface area contributed by atoms with Gasteiger partial charge in [-0.05, 0) is 6.42 Å². The maximum Gasteiger partial charge on any atom is 0.488 e. The maximum atomic E-state index is 13.7. The van der Waals surface area contributed by atoms with E-state index in [1.807, 2.05) is 0 Å². The number of thioether (sulfide) groups is 1. The van der Waals surface area contributed by atoms with E-state index < -0.39 is 65.0 Å². The lowest BCUT2D eigenvalue weighted by atomic mass is 10.0. The minimum atomic E-state index is -5.47. The molecule has 1 saturated heterocycles. The fourth-order valence-corrected chi connectivity index (χ4v) is 10.00. The molecule has 0 aliphatic carbocycles. The molecule has 5 N–H and O–H groups in total. The predicted octanol–water partition coefficient (Wildman–Crippen LogP) is 7.25. The Morgan fingerprint density at radius 3 is 1.96 bits per heavy atom. The Hall–Kier alpha value is -0.630. The second kappa shape index (κ2) is 20.7. The zero-order chi connectivity index (χ0) is 33.3. The van der Waals surface area contributed by atoms with Crippen LogP contribution in [0.2, 0.25) is 0 Å². The van der Waals surface area contributed by atoms with Crippen molar-refractivity contribution in [2.24, 2.45) is 0 Å². The van der Waals surface area contributed by atoms with Crippen LogP contribution in [0.25, 0.3) is 0 Å². The van der Waals surface area contributed by atoms with Crippen molar-refractivity contribution in [1.29, 1.82) is 0 Å². The molecule has 0 bridgehead atoms. The summed E-state index contributed by atoms with van der Waals surface area (Å²) >= 11 is 1.03. The molecule has 2 heterocycles. The third-order valence-corrected chi connectivity index (χ3v) is 13.0. The van der Waals surface area contributed by atoms with E-state index in [0.29, 0.717) is 6.42 Å². The first-order chi connectivity index (χ1) is 21.2. The molecule has 1 aromatic heterocycles. The van der Waals surface area contributed by atoms with Crippen molar-refractivity contribution in [2.45, 2.75) is 121 Å². The molecule has 1 aliphatic rings. The van der Waals surface area contributed by atoms with Gasteiger partial charge in [-0.15, -0.1) is 11.8 Å². The number of hydrogen-bond acceptors (Lipinski definition) is 11. The Morgan fingerprint density at radius 1 is 0.911 bits per heavy atom. The third kappa shape index (κ3) is 17.4. The molecule has 3 unspecified atom stereocenters. The van der Waals surface area contributed by atoms with E-state index in [4.69, 9.17) is 10.5 Å². The van der Waals surface area contributed by atoms with Crippen LogP contribution < -0.4 is 11.4 Å². The fraction of sp³-hybridized carbons (Fsp3) is 0.846. The Kier molecular flexibility index (Phi) is 18.6. The first kappa shape index (κ1) is 40.5. The molecule has 2 rings (SSSR count). The number of nitrogen functional groups attached to an aromatic ring is 1. The molecule has 1 aliphatic heterocycles. The summed E-state index contributed by atoms with van der Waals surface area (Å²) in [5.41, 5.74) is 3.43. The van der Waals surface area contributed by atoms with Gasteiger partial charge in [0.15, 0.2) is 11.6 Å². The summed E-state index contributed by atoms with van der Waals surface area (Å²) in [5.74, 6) is -1.40. The highest BCUT2D eigenvalue weighted by Crippen LogP contribution is 2.67. The summed E-state index contributed by atoms with van der Waals surface area (Å²) in [4.78, 5) is 44.9. The smallest absolute Gasteiger partial charge is 0.381 e. The number of nitrogens with zero attached hydrogens (tertiary/aromatic N) is 2. The summed E-state index contributed by atoms with van der Waals surface area (Å²) in [7, 11) is -15.3. The zero-order valence-corrected chi connectivity index (χ0v) is 29.4. The summed E-state index contributed by atoms with van der Waals surface area (Å²) in [5, 5.41) is 0. The second-order valence-electron chi connectivity index (χ2n) is 11.1. The van der Waals surface area contributed by atoms with Crippen LogP contribution in [0.5, 0.6) is 0 Å². The minimum absolute atomic E-state index is 0.115. The van der Waals surface area contributed by atoms with Crippen molar-refractivity contribution in [1.82, 2.24) is 9.55 Å². The molecule has 1 fully saturated rings. The van der Waals surface area contributed by atoms with Crippen molar-refractivity contribution in [3.63, 3.8) is 0 Å². The lowest BCUT2D eigenvalue weighted by Gasteiger charge is -2.19. The first-order valence-electron chi connectivity index (χ1n) is 15.6. The van der Waals surface area contributed by atoms with Gasteiger partial charge in [-0.2, -0.15) is 9.29 Å². The summed E-state index contributed by atoms with van der Waals surface area (Å²) in [6.07, 6.45) is 17.3. The van der Waals surface area contributed by atoms with E-state index in [9.17, 15) is 37.6 Å². The number of nitrogens with two attached hydrogens (primary N) is 1. The Balaban J connectivity index is 1.57. The van der Waals surface area contributed by atoms with E-state index in [-0.39, 0.29) is 12.2 Å². The molecule has 0 saturated carbocycles. The van der Waals surface area contributed by atoms with Gasteiger partial charge in [0.05, 0.1) is 19.0 Å². The average Bonchev–Trinajstić information content (AvgIpc) is 3.41. The van der Waals surface area contributed by atoms with Gasteiger partial charge in [-0.25, -0.2) is 22.6 Å². The van der Waals surface area contributed by atoms with Crippen LogP contribution in [0.1, 0.15) is 116 Å². The van der Waals surface area contributed by atoms with E-state index in [1.54, 1.807) is 0 Å². The topological polar surface area (TPSA) is 210 Å². The van der Waals surface area contributed by atoms with E-state index in [1.165, 1.54) is 64.2 Å².